The Labute approximate surface area is 348 Å². The Kier molecular flexibility index (Phi) is 9.84. The lowest BCUT2D eigenvalue weighted by Crippen LogP contribution is -2.48. The SMILES string of the molecule is O=C(c1c(-c2cccnc2)nn(-c2cccc(C(F)(F)F)c2)c1C1CC1)N1CCC(N2CCCC2)CC1c1c(-c2cccnc2)nn(-c2cccc(C(F)(F)F)c2)c1C1CC1. The summed E-state index contributed by atoms with van der Waals surface area (Å²) < 4.78 is 87.9. The Morgan fingerprint density at radius 3 is 1.70 bits per heavy atom. The molecule has 2 aliphatic heterocycles. The minimum Gasteiger partial charge on any atom is -0.331 e. The van der Waals surface area contributed by atoms with Crippen LogP contribution in [0.2, 0.25) is 0 Å². The van der Waals surface area contributed by atoms with Crippen LogP contribution in [-0.4, -0.2) is 70.9 Å². The van der Waals surface area contributed by atoms with E-state index in [9.17, 15) is 26.3 Å². The minimum absolute atomic E-state index is 0.0109. The number of pyridine rings is 2. The van der Waals surface area contributed by atoms with Gasteiger partial charge in [-0.3, -0.25) is 14.8 Å². The van der Waals surface area contributed by atoms with Crippen molar-refractivity contribution in [2.75, 3.05) is 19.6 Å². The van der Waals surface area contributed by atoms with E-state index in [0.717, 1.165) is 87.1 Å². The summed E-state index contributed by atoms with van der Waals surface area (Å²) in [5.41, 5.74) is 3.39. The predicted octanol–water partition coefficient (Wildman–Crippen LogP) is 10.4. The maximum atomic E-state index is 15.9. The Morgan fingerprint density at radius 2 is 1.16 bits per heavy atom. The van der Waals surface area contributed by atoms with Crippen LogP contribution in [0.15, 0.2) is 97.6 Å². The molecule has 6 heterocycles. The summed E-state index contributed by atoms with van der Waals surface area (Å²) in [5.74, 6) is -0.443. The molecule has 2 unspecified atom stereocenters. The minimum atomic E-state index is -4.59. The lowest BCUT2D eigenvalue weighted by atomic mass is 9.86. The van der Waals surface area contributed by atoms with Gasteiger partial charge in [-0.25, -0.2) is 9.36 Å². The van der Waals surface area contributed by atoms with E-state index in [1.165, 1.54) is 16.8 Å². The van der Waals surface area contributed by atoms with Crippen LogP contribution in [0.1, 0.15) is 108 Å². The Balaban J connectivity index is 1.18. The Hall–Kier alpha value is -5.83. The van der Waals surface area contributed by atoms with Gasteiger partial charge in [0.25, 0.3) is 5.91 Å². The fraction of sp³-hybridized carbons (Fsp3) is 0.370. The van der Waals surface area contributed by atoms with Crippen molar-refractivity contribution < 1.29 is 31.1 Å². The fourth-order valence-electron chi connectivity index (χ4n) is 9.39. The molecular weight excluding hydrogens is 795 g/mol. The normalized spacial score (nSPS) is 20.1. The molecule has 2 aliphatic carbocycles. The number of halogens is 6. The van der Waals surface area contributed by atoms with Crippen LogP contribution in [0.4, 0.5) is 26.3 Å². The summed E-state index contributed by atoms with van der Waals surface area (Å²) in [5, 5.41) is 10.1. The molecule has 1 amide bonds. The van der Waals surface area contributed by atoms with Crippen molar-refractivity contribution >= 4 is 5.91 Å². The first-order valence-electron chi connectivity index (χ1n) is 20.9. The zero-order valence-corrected chi connectivity index (χ0v) is 33.1. The number of likely N-dealkylation sites (tertiary alicyclic amines) is 2. The van der Waals surface area contributed by atoms with Crippen molar-refractivity contribution in [3.8, 4) is 33.9 Å². The molecule has 4 fully saturated rings. The van der Waals surface area contributed by atoms with Gasteiger partial charge in [-0.15, -0.1) is 0 Å². The molecule has 0 radical (unpaired) electrons. The zero-order chi connectivity index (χ0) is 42.0. The van der Waals surface area contributed by atoms with Crippen molar-refractivity contribution in [2.45, 2.75) is 87.6 Å². The van der Waals surface area contributed by atoms with Crippen molar-refractivity contribution in [3.05, 3.63) is 131 Å². The van der Waals surface area contributed by atoms with Gasteiger partial charge in [0.2, 0.25) is 0 Å². The molecule has 0 spiro atoms. The van der Waals surface area contributed by atoms with Gasteiger partial charge in [0, 0.05) is 65.9 Å². The number of amides is 1. The highest BCUT2D eigenvalue weighted by molar-refractivity contribution is 6.02. The van der Waals surface area contributed by atoms with Crippen LogP contribution in [0.25, 0.3) is 33.9 Å². The van der Waals surface area contributed by atoms with E-state index < -0.39 is 29.5 Å². The molecule has 0 bridgehead atoms. The number of hydrogen-bond donors (Lipinski definition) is 0. The molecule has 0 N–H and O–H groups in total. The Morgan fingerprint density at radius 1 is 0.623 bits per heavy atom. The van der Waals surface area contributed by atoms with Gasteiger partial charge in [0.15, 0.2) is 0 Å². The molecule has 15 heteroatoms. The van der Waals surface area contributed by atoms with E-state index in [0.29, 0.717) is 53.2 Å². The summed E-state index contributed by atoms with van der Waals surface area (Å²) in [6, 6.07) is 16.9. The van der Waals surface area contributed by atoms with Gasteiger partial charge in [-0.05, 0) is 125 Å². The summed E-state index contributed by atoms with van der Waals surface area (Å²) in [6.45, 7) is 2.22. The number of carbonyl (C=O) groups excluding carboxylic acids is 1. The molecule has 2 atom stereocenters. The predicted molar refractivity (Wildman–Crippen MR) is 215 cm³/mol. The number of piperidine rings is 1. The first kappa shape index (κ1) is 39.3. The van der Waals surface area contributed by atoms with Crippen LogP contribution in [0.3, 0.4) is 0 Å². The maximum absolute atomic E-state index is 15.9. The second kappa shape index (κ2) is 15.3. The molecule has 2 saturated carbocycles. The average Bonchev–Trinajstić information content (AvgIpc) is 4.16. The number of aromatic nitrogens is 6. The molecule has 314 valence electrons. The van der Waals surface area contributed by atoms with Crippen LogP contribution in [0.5, 0.6) is 0 Å². The lowest BCUT2D eigenvalue weighted by molar-refractivity contribution is -0.138. The molecule has 10 rings (SSSR count). The topological polar surface area (TPSA) is 85.0 Å². The molecule has 6 aromatic rings. The molecular formula is C46H42F6N8O. The zero-order valence-electron chi connectivity index (χ0n) is 33.1. The van der Waals surface area contributed by atoms with E-state index in [2.05, 4.69) is 14.9 Å². The first-order valence-corrected chi connectivity index (χ1v) is 20.9. The number of nitrogens with zero attached hydrogens (tertiary/aromatic N) is 8. The third kappa shape index (κ3) is 7.50. The van der Waals surface area contributed by atoms with E-state index >= 15 is 4.79 Å². The van der Waals surface area contributed by atoms with E-state index in [-0.39, 0.29) is 35.2 Å². The van der Waals surface area contributed by atoms with Crippen LogP contribution in [0, 0.1) is 0 Å². The van der Waals surface area contributed by atoms with E-state index in [4.69, 9.17) is 10.2 Å². The number of carbonyl (C=O) groups is 1. The lowest BCUT2D eigenvalue weighted by Gasteiger charge is -2.43. The number of rotatable bonds is 9. The van der Waals surface area contributed by atoms with Crippen molar-refractivity contribution in [2.24, 2.45) is 0 Å². The third-order valence-electron chi connectivity index (χ3n) is 12.6. The molecule has 61 heavy (non-hydrogen) atoms. The Bertz CT molecular complexity index is 2570. The molecule has 4 aliphatic rings. The van der Waals surface area contributed by atoms with Gasteiger partial charge < -0.3 is 9.80 Å². The van der Waals surface area contributed by atoms with E-state index in [1.54, 1.807) is 59.8 Å². The summed E-state index contributed by atoms with van der Waals surface area (Å²) in [7, 11) is 0. The summed E-state index contributed by atoms with van der Waals surface area (Å²) >= 11 is 0. The second-order valence-electron chi connectivity index (χ2n) is 16.6. The van der Waals surface area contributed by atoms with Crippen LogP contribution in [-0.2, 0) is 12.4 Å². The smallest absolute Gasteiger partial charge is 0.331 e. The van der Waals surface area contributed by atoms with Crippen molar-refractivity contribution in [1.82, 2.24) is 39.3 Å². The van der Waals surface area contributed by atoms with Gasteiger partial charge in [-0.2, -0.15) is 36.5 Å². The third-order valence-corrected chi connectivity index (χ3v) is 12.6. The van der Waals surface area contributed by atoms with Crippen LogP contribution >= 0.6 is 0 Å². The largest absolute Gasteiger partial charge is 0.416 e. The molecule has 9 nitrogen and oxygen atoms in total. The fourth-order valence-corrected chi connectivity index (χ4v) is 9.39. The van der Waals surface area contributed by atoms with Crippen molar-refractivity contribution in [1.29, 1.82) is 0 Å². The number of hydrogen-bond acceptors (Lipinski definition) is 6. The molecule has 2 saturated heterocycles. The van der Waals surface area contributed by atoms with Gasteiger partial charge in [-0.1, -0.05) is 12.1 Å². The van der Waals surface area contributed by atoms with Crippen molar-refractivity contribution in [3.63, 3.8) is 0 Å². The summed E-state index contributed by atoms with van der Waals surface area (Å²) in [4.78, 5) is 29.0. The second-order valence-corrected chi connectivity index (χ2v) is 16.6. The monoisotopic (exact) mass is 836 g/mol. The standard InChI is InChI=1S/C46H42F6N8O/c47-45(48,49)32-9-3-11-35(23-32)59-42(28-13-14-28)38(40(55-59)30-7-5-18-53-26-30)37-25-34(57-20-1-2-21-57)17-22-58(37)44(61)39-41(31-8-6-19-54-27-31)56-60(43(39)29-15-16-29)36-12-4-10-33(24-36)46(50,51)52/h3-12,18-19,23-24,26-29,34,37H,1-2,13-17,20-22,25H2. The number of alkyl halides is 6. The van der Waals surface area contributed by atoms with Gasteiger partial charge >= 0.3 is 12.4 Å². The summed E-state index contributed by atoms with van der Waals surface area (Å²) in [6.07, 6.45) is 3.85. The molecule has 2 aromatic carbocycles. The first-order chi connectivity index (χ1) is 29.4. The van der Waals surface area contributed by atoms with Gasteiger partial charge in [0.1, 0.15) is 5.69 Å². The highest BCUT2D eigenvalue weighted by atomic mass is 19.4. The van der Waals surface area contributed by atoms with Crippen LogP contribution < -0.4 is 0 Å². The maximum Gasteiger partial charge on any atom is 0.416 e. The quantitative estimate of drug-likeness (QED) is 0.135. The van der Waals surface area contributed by atoms with Gasteiger partial charge in [0.05, 0.1) is 51.2 Å². The average molecular weight is 837 g/mol. The highest BCUT2D eigenvalue weighted by Crippen LogP contribution is 2.52. The van der Waals surface area contributed by atoms with E-state index in [1.807, 2.05) is 11.0 Å². The molecule has 4 aromatic heterocycles. The highest BCUT2D eigenvalue weighted by Gasteiger charge is 2.46. The number of benzene rings is 2.